The van der Waals surface area contributed by atoms with Gasteiger partial charge in [-0.3, -0.25) is 4.90 Å². The van der Waals surface area contributed by atoms with Crippen molar-refractivity contribution in [1.29, 1.82) is 0 Å². The van der Waals surface area contributed by atoms with E-state index in [1.807, 2.05) is 12.1 Å². The maximum atomic E-state index is 9.99. The van der Waals surface area contributed by atoms with Gasteiger partial charge in [-0.2, -0.15) is 0 Å². The second kappa shape index (κ2) is 5.15. The molecule has 4 rings (SSSR count). The predicted molar refractivity (Wildman–Crippen MR) is 91.2 cm³/mol. The summed E-state index contributed by atoms with van der Waals surface area (Å²) in [5.74, 6) is -0.0562. The van der Waals surface area contributed by atoms with Gasteiger partial charge in [0.1, 0.15) is 0 Å². The van der Waals surface area contributed by atoms with Crippen LogP contribution in [0.5, 0.6) is 11.5 Å². The fourth-order valence-electron chi connectivity index (χ4n) is 4.13. The molecule has 1 fully saturated rings. The van der Waals surface area contributed by atoms with Crippen LogP contribution in [-0.4, -0.2) is 28.7 Å². The molecule has 120 valence electrons. The van der Waals surface area contributed by atoms with E-state index in [4.69, 9.17) is 11.6 Å². The van der Waals surface area contributed by atoms with Crippen LogP contribution >= 0.6 is 11.6 Å². The van der Waals surface area contributed by atoms with Gasteiger partial charge in [0.2, 0.25) is 0 Å². The molecule has 0 spiro atoms. The van der Waals surface area contributed by atoms with Crippen LogP contribution in [0.3, 0.4) is 0 Å². The number of fused-ring (bicyclic) bond motifs is 1. The predicted octanol–water partition coefficient (Wildman–Crippen LogP) is 4.01. The molecule has 1 saturated carbocycles. The van der Waals surface area contributed by atoms with Crippen molar-refractivity contribution < 1.29 is 10.2 Å². The minimum absolute atomic E-state index is 0.0246. The summed E-state index contributed by atoms with van der Waals surface area (Å²) in [7, 11) is 2.15. The fourth-order valence-corrected chi connectivity index (χ4v) is 4.25. The average molecular weight is 330 g/mol. The molecule has 0 amide bonds. The summed E-state index contributed by atoms with van der Waals surface area (Å²) in [5, 5.41) is 20.6. The molecule has 0 aromatic heterocycles. The van der Waals surface area contributed by atoms with Gasteiger partial charge < -0.3 is 10.2 Å². The maximum Gasteiger partial charge on any atom is 0.157 e. The summed E-state index contributed by atoms with van der Waals surface area (Å²) < 4.78 is 0. The number of likely N-dealkylation sites (N-methyl/N-ethyl adjacent to an activating group) is 1. The van der Waals surface area contributed by atoms with Gasteiger partial charge in [0.05, 0.1) is 0 Å². The molecule has 1 heterocycles. The third kappa shape index (κ3) is 2.30. The number of halogens is 1. The zero-order valence-corrected chi connectivity index (χ0v) is 13.8. The van der Waals surface area contributed by atoms with E-state index in [0.29, 0.717) is 0 Å². The molecule has 2 aromatic rings. The summed E-state index contributed by atoms with van der Waals surface area (Å²) in [6.45, 7) is 0.956. The molecular formula is C19H20ClNO2. The molecule has 0 bridgehead atoms. The molecule has 2 aromatic carbocycles. The van der Waals surface area contributed by atoms with Gasteiger partial charge >= 0.3 is 0 Å². The zero-order chi connectivity index (χ0) is 16.2. The third-order valence-electron chi connectivity index (χ3n) is 5.44. The van der Waals surface area contributed by atoms with E-state index >= 15 is 0 Å². The first-order chi connectivity index (χ1) is 11.0. The SMILES string of the molecule is CN1CCc2cc(O)c(O)cc2C1C1(c2ccc(Cl)cc2)CC1. The Morgan fingerprint density at radius 3 is 2.39 bits per heavy atom. The van der Waals surface area contributed by atoms with Crippen LogP contribution in [0.15, 0.2) is 36.4 Å². The average Bonchev–Trinajstić information content (AvgIpc) is 3.31. The summed E-state index contributed by atoms with van der Waals surface area (Å²) in [5.41, 5.74) is 3.67. The summed E-state index contributed by atoms with van der Waals surface area (Å²) in [6, 6.07) is 11.8. The Balaban J connectivity index is 1.82. The van der Waals surface area contributed by atoms with Crippen molar-refractivity contribution in [2.45, 2.75) is 30.7 Å². The molecule has 3 nitrogen and oxygen atoms in total. The number of phenols is 2. The van der Waals surface area contributed by atoms with Gasteiger partial charge in [-0.25, -0.2) is 0 Å². The normalized spacial score (nSPS) is 22.6. The zero-order valence-electron chi connectivity index (χ0n) is 13.1. The van der Waals surface area contributed by atoms with Crippen molar-refractivity contribution in [3.8, 4) is 11.5 Å². The van der Waals surface area contributed by atoms with Crippen LogP contribution in [0.4, 0.5) is 0 Å². The Hall–Kier alpha value is -1.71. The molecule has 23 heavy (non-hydrogen) atoms. The van der Waals surface area contributed by atoms with Crippen molar-refractivity contribution in [2.24, 2.45) is 0 Å². The van der Waals surface area contributed by atoms with Gasteiger partial charge in [-0.1, -0.05) is 23.7 Å². The van der Waals surface area contributed by atoms with E-state index < -0.39 is 0 Å². The lowest BCUT2D eigenvalue weighted by molar-refractivity contribution is 0.187. The van der Waals surface area contributed by atoms with Crippen LogP contribution in [0, 0.1) is 0 Å². The Morgan fingerprint density at radius 1 is 1.09 bits per heavy atom. The smallest absolute Gasteiger partial charge is 0.157 e. The number of nitrogens with zero attached hydrogens (tertiary/aromatic N) is 1. The van der Waals surface area contributed by atoms with Crippen molar-refractivity contribution in [3.63, 3.8) is 0 Å². The van der Waals surface area contributed by atoms with E-state index in [2.05, 4.69) is 24.1 Å². The first-order valence-electron chi connectivity index (χ1n) is 8.02. The molecule has 2 aliphatic rings. The Kier molecular flexibility index (Phi) is 3.33. The molecule has 2 N–H and O–H groups in total. The van der Waals surface area contributed by atoms with Crippen molar-refractivity contribution in [3.05, 3.63) is 58.1 Å². The Bertz CT molecular complexity index is 753. The maximum absolute atomic E-state index is 9.99. The molecule has 1 aliphatic carbocycles. The van der Waals surface area contributed by atoms with Crippen molar-refractivity contribution in [1.82, 2.24) is 4.90 Å². The number of phenolic OH excluding ortho intramolecular Hbond substituents is 2. The van der Waals surface area contributed by atoms with E-state index in [9.17, 15) is 10.2 Å². The van der Waals surface area contributed by atoms with Crippen molar-refractivity contribution in [2.75, 3.05) is 13.6 Å². The van der Waals surface area contributed by atoms with E-state index in [0.717, 1.165) is 42.0 Å². The monoisotopic (exact) mass is 329 g/mol. The second-order valence-corrected chi connectivity index (χ2v) is 7.27. The van der Waals surface area contributed by atoms with Gasteiger partial charge in [0.25, 0.3) is 0 Å². The molecule has 0 radical (unpaired) electrons. The number of rotatable bonds is 2. The van der Waals surface area contributed by atoms with Gasteiger partial charge in [0, 0.05) is 23.0 Å². The molecule has 4 heteroatoms. The minimum Gasteiger partial charge on any atom is -0.504 e. The lowest BCUT2D eigenvalue weighted by Gasteiger charge is -2.40. The molecular weight excluding hydrogens is 310 g/mol. The first-order valence-corrected chi connectivity index (χ1v) is 8.40. The van der Waals surface area contributed by atoms with Gasteiger partial charge in [-0.15, -0.1) is 0 Å². The first kappa shape index (κ1) is 14.9. The minimum atomic E-state index is -0.0315. The van der Waals surface area contributed by atoms with Crippen LogP contribution < -0.4 is 0 Å². The number of hydrogen-bond acceptors (Lipinski definition) is 3. The quantitative estimate of drug-likeness (QED) is 0.818. The van der Waals surface area contributed by atoms with Gasteiger partial charge in [0.15, 0.2) is 11.5 Å². The lowest BCUT2D eigenvalue weighted by Crippen LogP contribution is -2.39. The second-order valence-electron chi connectivity index (χ2n) is 6.84. The highest BCUT2D eigenvalue weighted by molar-refractivity contribution is 6.30. The Labute approximate surface area is 141 Å². The number of benzene rings is 2. The van der Waals surface area contributed by atoms with Gasteiger partial charge in [-0.05, 0) is 67.3 Å². The van der Waals surface area contributed by atoms with Crippen molar-refractivity contribution >= 4 is 11.6 Å². The van der Waals surface area contributed by atoms with Crippen LogP contribution in [0.1, 0.15) is 35.6 Å². The largest absolute Gasteiger partial charge is 0.504 e. The van der Waals surface area contributed by atoms with E-state index in [1.54, 1.807) is 12.1 Å². The van der Waals surface area contributed by atoms with E-state index in [-0.39, 0.29) is 23.0 Å². The Morgan fingerprint density at radius 2 is 1.74 bits per heavy atom. The lowest BCUT2D eigenvalue weighted by atomic mass is 9.78. The van der Waals surface area contributed by atoms with E-state index in [1.165, 1.54) is 5.56 Å². The number of aromatic hydroxyl groups is 2. The molecule has 1 aliphatic heterocycles. The summed E-state index contributed by atoms with van der Waals surface area (Å²) in [4.78, 5) is 2.38. The highest BCUT2D eigenvalue weighted by Gasteiger charge is 2.54. The fraction of sp³-hybridized carbons (Fsp3) is 0.368. The molecule has 1 unspecified atom stereocenters. The summed E-state index contributed by atoms with van der Waals surface area (Å²) in [6.07, 6.45) is 3.16. The van der Waals surface area contributed by atoms with Crippen LogP contribution in [0.2, 0.25) is 5.02 Å². The highest BCUT2D eigenvalue weighted by Crippen LogP contribution is 2.60. The highest BCUT2D eigenvalue weighted by atomic mass is 35.5. The number of hydrogen-bond donors (Lipinski definition) is 2. The topological polar surface area (TPSA) is 43.7 Å². The van der Waals surface area contributed by atoms with Crippen LogP contribution in [0.25, 0.3) is 0 Å². The standard InChI is InChI=1S/C19H20ClNO2/c1-21-9-6-12-10-16(22)17(23)11-15(12)18(21)19(7-8-19)13-2-4-14(20)5-3-13/h2-5,10-11,18,22-23H,6-9H2,1H3. The van der Waals surface area contributed by atoms with Crippen LogP contribution in [-0.2, 0) is 11.8 Å². The molecule has 1 atom stereocenters. The summed E-state index contributed by atoms with van der Waals surface area (Å²) >= 11 is 6.04. The third-order valence-corrected chi connectivity index (χ3v) is 5.69. The molecule has 0 saturated heterocycles.